The Morgan fingerprint density at radius 1 is 0.290 bits per heavy atom. The Hall–Kier alpha value is -0.120. The molecule has 0 radical (unpaired) electrons. The molecule has 0 heterocycles. The summed E-state index contributed by atoms with van der Waals surface area (Å²) >= 11 is 0. The average molecular weight is 877 g/mol. The Bertz CT molecular complexity index is 773. The van der Waals surface area contributed by atoms with Crippen molar-refractivity contribution in [2.24, 2.45) is 11.8 Å². The van der Waals surface area contributed by atoms with Crippen molar-refractivity contribution in [3.05, 3.63) is 0 Å². The van der Waals surface area contributed by atoms with Gasteiger partial charge in [0.25, 0.3) is 0 Å². The quantitative estimate of drug-likeness (QED) is 0.0618. The second-order valence-electron chi connectivity index (χ2n) is 20.8. The molecule has 0 rings (SSSR count). The average Bonchev–Trinajstić information content (AvgIpc) is 3.28. The van der Waals surface area contributed by atoms with Crippen molar-refractivity contribution in [3.8, 4) is 0 Å². The van der Waals surface area contributed by atoms with E-state index in [0.717, 1.165) is 37.9 Å². The highest BCUT2D eigenvalue weighted by Crippen LogP contribution is 2.25. The monoisotopic (exact) mass is 876 g/mol. The summed E-state index contributed by atoms with van der Waals surface area (Å²) in [4.78, 5) is 2.73. The third-order valence-corrected chi connectivity index (χ3v) is 14.4. The molecule has 2 unspecified atom stereocenters. The minimum atomic E-state index is 0.347. The van der Waals surface area contributed by atoms with E-state index in [9.17, 15) is 5.11 Å². The van der Waals surface area contributed by atoms with Crippen LogP contribution in [-0.2, 0) is 4.74 Å². The molecule has 1 N–H and O–H groups in total. The second kappa shape index (κ2) is 55.2. The summed E-state index contributed by atoms with van der Waals surface area (Å²) < 4.78 is 6.25. The van der Waals surface area contributed by atoms with Crippen LogP contribution in [0.5, 0.6) is 0 Å². The molecule has 0 saturated carbocycles. The van der Waals surface area contributed by atoms with Gasteiger partial charge in [-0.2, -0.15) is 0 Å². The third kappa shape index (κ3) is 49.3. The molecule has 3 heteroatoms. The fourth-order valence-corrected chi connectivity index (χ4v) is 10.1. The summed E-state index contributed by atoms with van der Waals surface area (Å²) in [6.07, 6.45) is 66.1. The summed E-state index contributed by atoms with van der Waals surface area (Å²) in [5, 5.41) is 9.36. The minimum absolute atomic E-state index is 0.347. The Balaban J connectivity index is 3.89. The minimum Gasteiger partial charge on any atom is -0.396 e. The maximum atomic E-state index is 9.36. The summed E-state index contributed by atoms with van der Waals surface area (Å²) in [6, 6.07) is 0. The van der Waals surface area contributed by atoms with E-state index >= 15 is 0 Å². The molecule has 0 aliphatic carbocycles. The second-order valence-corrected chi connectivity index (χ2v) is 20.8. The Morgan fingerprint density at radius 2 is 0.548 bits per heavy atom. The van der Waals surface area contributed by atoms with Gasteiger partial charge >= 0.3 is 0 Å². The van der Waals surface area contributed by atoms with Crippen molar-refractivity contribution in [1.29, 1.82) is 0 Å². The van der Waals surface area contributed by atoms with Crippen molar-refractivity contribution in [3.63, 3.8) is 0 Å². The molecular weight excluding hydrogens is 755 g/mol. The fraction of sp³-hybridized carbons (Fsp3) is 1.00. The zero-order valence-electron chi connectivity index (χ0n) is 43.9. The molecule has 0 spiro atoms. The molecule has 0 saturated heterocycles. The zero-order valence-corrected chi connectivity index (χ0v) is 43.9. The SMILES string of the molecule is CCCCCCCCC(CCCCCC)CCCCCCCCCCCCN(CCCCO)CCCCCCCCCCCCOCC(CCCCCC)CCCCCCCC. The Kier molecular flexibility index (Phi) is 55.1. The van der Waals surface area contributed by atoms with Crippen LogP contribution in [0.3, 0.4) is 0 Å². The van der Waals surface area contributed by atoms with E-state index in [0.29, 0.717) is 6.61 Å². The van der Waals surface area contributed by atoms with Crippen LogP contribution in [0.25, 0.3) is 0 Å². The predicted octanol–water partition coefficient (Wildman–Crippen LogP) is 19.9. The van der Waals surface area contributed by atoms with Gasteiger partial charge in [0.2, 0.25) is 0 Å². The lowest BCUT2D eigenvalue weighted by atomic mass is 9.89. The number of aliphatic hydroxyl groups excluding tert-OH is 1. The smallest absolute Gasteiger partial charge is 0.0494 e. The van der Waals surface area contributed by atoms with Crippen LogP contribution in [0.4, 0.5) is 0 Å². The van der Waals surface area contributed by atoms with Crippen molar-refractivity contribution in [2.75, 3.05) is 39.5 Å². The van der Waals surface area contributed by atoms with Crippen molar-refractivity contribution in [2.45, 2.75) is 329 Å². The molecule has 62 heavy (non-hydrogen) atoms. The lowest BCUT2D eigenvalue weighted by Crippen LogP contribution is -2.27. The van der Waals surface area contributed by atoms with Crippen LogP contribution in [0.1, 0.15) is 329 Å². The van der Waals surface area contributed by atoms with Gasteiger partial charge in [-0.1, -0.05) is 285 Å². The lowest BCUT2D eigenvalue weighted by molar-refractivity contribution is 0.0878. The van der Waals surface area contributed by atoms with Crippen molar-refractivity contribution < 1.29 is 9.84 Å². The fourth-order valence-electron chi connectivity index (χ4n) is 10.1. The molecular formula is C59H121NO2. The van der Waals surface area contributed by atoms with Crippen LogP contribution in [0, 0.1) is 11.8 Å². The summed E-state index contributed by atoms with van der Waals surface area (Å²) in [6.45, 7) is 15.4. The van der Waals surface area contributed by atoms with Gasteiger partial charge in [-0.05, 0) is 76.4 Å². The van der Waals surface area contributed by atoms with Gasteiger partial charge in [-0.25, -0.2) is 0 Å². The number of hydrogen-bond donors (Lipinski definition) is 1. The number of hydrogen-bond acceptors (Lipinski definition) is 3. The van der Waals surface area contributed by atoms with Gasteiger partial charge in [0.1, 0.15) is 0 Å². The number of aliphatic hydroxyl groups is 1. The van der Waals surface area contributed by atoms with Crippen LogP contribution in [0.2, 0.25) is 0 Å². The standard InChI is InChI=1S/C59H121NO2/c1-5-9-13-17-31-39-48-58(47-37-15-11-7-3)49-40-33-27-23-19-20-24-28-34-42-52-60(54-44-45-55-61)53-43-35-29-25-21-22-26-30-36-46-56-62-57-59(50-38-16-12-8-4)51-41-32-18-14-10-6-2/h58-59,61H,5-57H2,1-4H3. The third-order valence-electron chi connectivity index (χ3n) is 14.4. The first-order chi connectivity index (χ1) is 30.7. The molecule has 0 amide bonds. The van der Waals surface area contributed by atoms with Crippen LogP contribution in [0.15, 0.2) is 0 Å². The van der Waals surface area contributed by atoms with Crippen LogP contribution in [-0.4, -0.2) is 49.5 Å². The first kappa shape index (κ1) is 61.9. The van der Waals surface area contributed by atoms with Crippen LogP contribution < -0.4 is 0 Å². The van der Waals surface area contributed by atoms with E-state index < -0.39 is 0 Å². The van der Waals surface area contributed by atoms with E-state index in [1.807, 2.05) is 0 Å². The van der Waals surface area contributed by atoms with E-state index in [1.54, 1.807) is 0 Å². The maximum Gasteiger partial charge on any atom is 0.0494 e. The van der Waals surface area contributed by atoms with E-state index in [-0.39, 0.29) is 0 Å². The topological polar surface area (TPSA) is 32.7 Å². The Morgan fingerprint density at radius 3 is 0.887 bits per heavy atom. The largest absolute Gasteiger partial charge is 0.396 e. The molecule has 0 aromatic carbocycles. The molecule has 3 nitrogen and oxygen atoms in total. The van der Waals surface area contributed by atoms with Gasteiger partial charge in [-0.3, -0.25) is 0 Å². The number of nitrogens with zero attached hydrogens (tertiary/aromatic N) is 1. The van der Waals surface area contributed by atoms with E-state index in [1.165, 1.54) is 309 Å². The van der Waals surface area contributed by atoms with Gasteiger partial charge in [-0.15, -0.1) is 0 Å². The number of rotatable bonds is 56. The lowest BCUT2D eigenvalue weighted by Gasteiger charge is -2.22. The zero-order chi connectivity index (χ0) is 44.9. The number of ether oxygens (including phenoxy) is 1. The highest BCUT2D eigenvalue weighted by molar-refractivity contribution is 4.64. The summed E-state index contributed by atoms with van der Waals surface area (Å²) in [7, 11) is 0. The molecule has 0 aliphatic rings. The molecule has 0 aromatic rings. The molecule has 0 bridgehead atoms. The summed E-state index contributed by atoms with van der Waals surface area (Å²) in [5.74, 6) is 1.82. The Labute approximate surface area is 394 Å². The van der Waals surface area contributed by atoms with Crippen LogP contribution >= 0.6 is 0 Å². The predicted molar refractivity (Wildman–Crippen MR) is 281 cm³/mol. The number of unbranched alkanes of at least 4 members (excludes halogenated alkanes) is 35. The molecule has 0 aromatic heterocycles. The maximum absolute atomic E-state index is 9.36. The van der Waals surface area contributed by atoms with Gasteiger partial charge in [0.15, 0.2) is 0 Å². The normalized spacial score (nSPS) is 12.9. The first-order valence-electron chi connectivity index (χ1n) is 29.6. The molecule has 2 atom stereocenters. The van der Waals surface area contributed by atoms with Gasteiger partial charge < -0.3 is 14.7 Å². The van der Waals surface area contributed by atoms with Gasteiger partial charge in [0.05, 0.1) is 0 Å². The van der Waals surface area contributed by atoms with Crippen molar-refractivity contribution >= 4 is 0 Å². The van der Waals surface area contributed by atoms with Gasteiger partial charge in [0, 0.05) is 19.8 Å². The molecule has 374 valence electrons. The first-order valence-corrected chi connectivity index (χ1v) is 29.6. The highest BCUT2D eigenvalue weighted by Gasteiger charge is 2.11. The van der Waals surface area contributed by atoms with Crippen molar-refractivity contribution in [1.82, 2.24) is 4.90 Å². The molecule has 0 fully saturated rings. The van der Waals surface area contributed by atoms with E-state index in [4.69, 9.17) is 4.74 Å². The van der Waals surface area contributed by atoms with E-state index in [2.05, 4.69) is 32.6 Å². The highest BCUT2D eigenvalue weighted by atomic mass is 16.5. The molecule has 0 aliphatic heterocycles. The summed E-state index contributed by atoms with van der Waals surface area (Å²) in [5.41, 5.74) is 0.